The van der Waals surface area contributed by atoms with Gasteiger partial charge in [0.25, 0.3) is 0 Å². The molecule has 0 saturated carbocycles. The minimum absolute atomic E-state index is 0.0178. The number of carbonyl (C=O) groups excluding carboxylic acids is 1. The maximum atomic E-state index is 12.4. The summed E-state index contributed by atoms with van der Waals surface area (Å²) in [5.41, 5.74) is 5.09. The third-order valence-electron chi connectivity index (χ3n) is 3.94. The molecular formula is C14H28N2OS. The Kier molecular flexibility index (Phi) is 7.45. The summed E-state index contributed by atoms with van der Waals surface area (Å²) in [5, 5.41) is 3.06. The number of hydrogen-bond donors (Lipinski definition) is 2. The highest BCUT2D eigenvalue weighted by molar-refractivity contribution is 7.80. The zero-order chi connectivity index (χ0) is 14.3. The van der Waals surface area contributed by atoms with Crippen molar-refractivity contribution in [1.29, 1.82) is 0 Å². The van der Waals surface area contributed by atoms with Gasteiger partial charge < -0.3 is 11.1 Å². The molecule has 4 heteroatoms. The van der Waals surface area contributed by atoms with E-state index in [0.29, 0.717) is 23.7 Å². The average Bonchev–Trinajstić information content (AvgIpc) is 2.30. The minimum atomic E-state index is -0.682. The molecule has 2 atom stereocenters. The van der Waals surface area contributed by atoms with Gasteiger partial charge in [0.2, 0.25) is 5.91 Å². The van der Waals surface area contributed by atoms with Crippen molar-refractivity contribution in [2.24, 2.45) is 17.1 Å². The van der Waals surface area contributed by atoms with Gasteiger partial charge in [0.1, 0.15) is 0 Å². The lowest BCUT2D eigenvalue weighted by Crippen LogP contribution is -2.50. The molecule has 0 radical (unpaired) electrons. The lowest BCUT2D eigenvalue weighted by Gasteiger charge is -2.31. The Morgan fingerprint density at radius 1 is 1.28 bits per heavy atom. The van der Waals surface area contributed by atoms with E-state index in [4.69, 9.17) is 18.0 Å². The molecule has 3 nitrogen and oxygen atoms in total. The lowest BCUT2D eigenvalue weighted by molar-refractivity contribution is -0.128. The fourth-order valence-corrected chi connectivity index (χ4v) is 2.60. The van der Waals surface area contributed by atoms with Crippen molar-refractivity contribution in [3.05, 3.63) is 0 Å². The van der Waals surface area contributed by atoms with Gasteiger partial charge in [-0.15, -0.1) is 0 Å². The monoisotopic (exact) mass is 272 g/mol. The summed E-state index contributed by atoms with van der Waals surface area (Å²) in [6, 6.07) is 0.166. The summed E-state index contributed by atoms with van der Waals surface area (Å²) in [7, 11) is 0. The van der Waals surface area contributed by atoms with Gasteiger partial charge in [-0.2, -0.15) is 0 Å². The molecule has 0 bridgehead atoms. The summed E-state index contributed by atoms with van der Waals surface area (Å²) < 4.78 is 0. The molecule has 2 unspecified atom stereocenters. The highest BCUT2D eigenvalue weighted by Gasteiger charge is 2.38. The molecule has 0 fully saturated rings. The van der Waals surface area contributed by atoms with Crippen LogP contribution in [0.4, 0.5) is 0 Å². The van der Waals surface area contributed by atoms with Gasteiger partial charge in [-0.05, 0) is 32.1 Å². The van der Waals surface area contributed by atoms with Crippen LogP contribution < -0.4 is 11.1 Å². The van der Waals surface area contributed by atoms with E-state index < -0.39 is 5.41 Å². The van der Waals surface area contributed by atoms with E-state index in [1.807, 2.05) is 20.8 Å². The summed E-state index contributed by atoms with van der Waals surface area (Å²) in [5.74, 6) is 0.596. The van der Waals surface area contributed by atoms with E-state index in [-0.39, 0.29) is 11.9 Å². The highest BCUT2D eigenvalue weighted by Crippen LogP contribution is 2.27. The first-order valence-corrected chi connectivity index (χ1v) is 7.35. The summed E-state index contributed by atoms with van der Waals surface area (Å²) in [4.78, 5) is 12.7. The van der Waals surface area contributed by atoms with Gasteiger partial charge in [-0.3, -0.25) is 4.79 Å². The molecule has 18 heavy (non-hydrogen) atoms. The van der Waals surface area contributed by atoms with Crippen molar-refractivity contribution in [3.63, 3.8) is 0 Å². The first-order chi connectivity index (χ1) is 8.33. The Hall–Kier alpha value is -0.640. The largest absolute Gasteiger partial charge is 0.392 e. The molecule has 0 aliphatic rings. The van der Waals surface area contributed by atoms with Crippen LogP contribution >= 0.6 is 12.2 Å². The highest BCUT2D eigenvalue weighted by atomic mass is 32.1. The zero-order valence-corrected chi connectivity index (χ0v) is 13.2. The molecule has 106 valence electrons. The normalized spacial score (nSPS) is 14.9. The Bertz CT molecular complexity index is 288. The Balaban J connectivity index is 4.67. The van der Waals surface area contributed by atoms with E-state index in [1.54, 1.807) is 0 Å². The van der Waals surface area contributed by atoms with Crippen molar-refractivity contribution in [1.82, 2.24) is 5.32 Å². The number of amides is 1. The smallest absolute Gasteiger partial charge is 0.233 e. The molecule has 0 aromatic carbocycles. The van der Waals surface area contributed by atoms with E-state index >= 15 is 0 Å². The quantitative estimate of drug-likeness (QED) is 0.668. The minimum Gasteiger partial charge on any atom is -0.392 e. The zero-order valence-electron chi connectivity index (χ0n) is 12.4. The predicted molar refractivity (Wildman–Crippen MR) is 81.5 cm³/mol. The van der Waals surface area contributed by atoms with Crippen LogP contribution in [-0.2, 0) is 4.79 Å². The van der Waals surface area contributed by atoms with Crippen molar-refractivity contribution in [3.8, 4) is 0 Å². The number of nitrogens with two attached hydrogens (primary N) is 1. The van der Waals surface area contributed by atoms with Crippen LogP contribution in [0.15, 0.2) is 0 Å². The second-order valence-corrected chi connectivity index (χ2v) is 5.72. The molecule has 3 N–H and O–H groups in total. The number of hydrogen-bond acceptors (Lipinski definition) is 2. The number of carbonyl (C=O) groups is 1. The van der Waals surface area contributed by atoms with Crippen molar-refractivity contribution in [2.75, 3.05) is 0 Å². The molecule has 0 rings (SSSR count). The SMILES string of the molecule is CCC(C)CC(C)NC(=O)C(CC)(CC)C(N)=S. The fourth-order valence-electron chi connectivity index (χ4n) is 2.22. The second kappa shape index (κ2) is 7.72. The topological polar surface area (TPSA) is 55.1 Å². The van der Waals surface area contributed by atoms with Gasteiger partial charge in [0.15, 0.2) is 0 Å². The van der Waals surface area contributed by atoms with Crippen LogP contribution in [0.3, 0.4) is 0 Å². The van der Waals surface area contributed by atoms with E-state index in [2.05, 4.69) is 19.2 Å². The average molecular weight is 272 g/mol. The van der Waals surface area contributed by atoms with E-state index in [1.165, 1.54) is 0 Å². The molecule has 0 aliphatic carbocycles. The van der Waals surface area contributed by atoms with Gasteiger partial charge in [0, 0.05) is 6.04 Å². The van der Waals surface area contributed by atoms with Crippen molar-refractivity contribution < 1.29 is 4.79 Å². The van der Waals surface area contributed by atoms with Crippen LogP contribution in [0.2, 0.25) is 0 Å². The second-order valence-electron chi connectivity index (χ2n) is 5.28. The van der Waals surface area contributed by atoms with Gasteiger partial charge in [-0.25, -0.2) is 0 Å². The number of thiocarbonyl (C=S) groups is 1. The van der Waals surface area contributed by atoms with Gasteiger partial charge in [0.05, 0.1) is 10.4 Å². The predicted octanol–water partition coefficient (Wildman–Crippen LogP) is 3.02. The van der Waals surface area contributed by atoms with Gasteiger partial charge in [-0.1, -0.05) is 46.3 Å². The van der Waals surface area contributed by atoms with E-state index in [9.17, 15) is 4.79 Å². The Labute approximate surface area is 117 Å². The fraction of sp³-hybridized carbons (Fsp3) is 0.857. The van der Waals surface area contributed by atoms with Crippen LogP contribution in [0, 0.1) is 11.3 Å². The maximum Gasteiger partial charge on any atom is 0.233 e. The Morgan fingerprint density at radius 2 is 1.78 bits per heavy atom. The molecule has 0 saturated heterocycles. The number of nitrogens with one attached hydrogen (secondary N) is 1. The summed E-state index contributed by atoms with van der Waals surface area (Å²) in [6.07, 6.45) is 3.42. The lowest BCUT2D eigenvalue weighted by atomic mass is 9.81. The maximum absolute atomic E-state index is 12.4. The third kappa shape index (κ3) is 4.23. The Morgan fingerprint density at radius 3 is 2.11 bits per heavy atom. The van der Waals surface area contributed by atoms with Gasteiger partial charge >= 0.3 is 0 Å². The molecule has 0 spiro atoms. The van der Waals surface area contributed by atoms with Crippen LogP contribution in [0.5, 0.6) is 0 Å². The van der Waals surface area contributed by atoms with Crippen molar-refractivity contribution >= 4 is 23.1 Å². The molecular weight excluding hydrogens is 244 g/mol. The summed E-state index contributed by atoms with van der Waals surface area (Å²) in [6.45, 7) is 10.3. The molecule has 0 aliphatic heterocycles. The molecule has 0 heterocycles. The molecule has 0 aromatic rings. The van der Waals surface area contributed by atoms with Crippen LogP contribution in [-0.4, -0.2) is 16.9 Å². The standard InChI is InChI=1S/C14H28N2OS/c1-6-10(4)9-11(5)16-13(17)14(7-2,8-3)12(15)18/h10-11H,6-9H2,1-5H3,(H2,15,18)(H,16,17). The van der Waals surface area contributed by atoms with E-state index in [0.717, 1.165) is 12.8 Å². The number of rotatable bonds is 8. The molecule has 0 aromatic heterocycles. The van der Waals surface area contributed by atoms with Crippen molar-refractivity contribution in [2.45, 2.75) is 66.3 Å². The molecule has 1 amide bonds. The van der Waals surface area contributed by atoms with Crippen LogP contribution in [0.1, 0.15) is 60.3 Å². The third-order valence-corrected chi connectivity index (χ3v) is 4.33. The first-order valence-electron chi connectivity index (χ1n) is 6.94. The summed E-state index contributed by atoms with van der Waals surface area (Å²) >= 11 is 5.08. The van der Waals surface area contributed by atoms with Crippen LogP contribution in [0.25, 0.3) is 0 Å². The first kappa shape index (κ1) is 17.4.